The molecule has 1 saturated heterocycles. The van der Waals surface area contributed by atoms with Crippen molar-refractivity contribution in [3.05, 3.63) is 65.5 Å². The van der Waals surface area contributed by atoms with Gasteiger partial charge in [0, 0.05) is 42.7 Å². The molecule has 0 unspecified atom stereocenters. The molecule has 1 aliphatic rings. The van der Waals surface area contributed by atoms with E-state index in [1.165, 1.54) is 0 Å². The number of benzene rings is 1. The first kappa shape index (κ1) is 14.6. The van der Waals surface area contributed by atoms with Gasteiger partial charge in [0.2, 0.25) is 0 Å². The minimum atomic E-state index is 0.0342. The summed E-state index contributed by atoms with van der Waals surface area (Å²) in [4.78, 5) is 20.0. The number of amides is 2. The fourth-order valence-electron chi connectivity index (χ4n) is 2.41. The zero-order valence-corrected chi connectivity index (χ0v) is 12.8. The molecule has 5 heteroatoms. The molecule has 3 rings (SSSR count). The van der Waals surface area contributed by atoms with Gasteiger partial charge in [-0.1, -0.05) is 35.9 Å². The van der Waals surface area contributed by atoms with E-state index < -0.39 is 0 Å². The van der Waals surface area contributed by atoms with Crippen LogP contribution in [0, 0.1) is 0 Å². The maximum absolute atomic E-state index is 12.4. The summed E-state index contributed by atoms with van der Waals surface area (Å²) in [5, 5.41) is 0.722. The highest BCUT2D eigenvalue weighted by Gasteiger charge is 2.28. The maximum Gasteiger partial charge on any atom is 0.324 e. The highest BCUT2D eigenvalue weighted by molar-refractivity contribution is 6.30. The molecule has 0 saturated carbocycles. The number of halogens is 1. The third-order valence-electron chi connectivity index (χ3n) is 3.58. The molecule has 0 aliphatic carbocycles. The Bertz CT molecular complexity index is 670. The second-order valence-corrected chi connectivity index (χ2v) is 5.48. The van der Waals surface area contributed by atoms with E-state index in [0.29, 0.717) is 13.1 Å². The second kappa shape index (κ2) is 6.62. The Morgan fingerprint density at radius 1 is 1.09 bits per heavy atom. The van der Waals surface area contributed by atoms with E-state index >= 15 is 0 Å². The Kier molecular flexibility index (Phi) is 4.39. The number of rotatable bonds is 4. The Morgan fingerprint density at radius 3 is 2.55 bits per heavy atom. The summed E-state index contributed by atoms with van der Waals surface area (Å²) in [5.41, 5.74) is 1.96. The number of aromatic nitrogens is 1. The third-order valence-corrected chi connectivity index (χ3v) is 3.83. The van der Waals surface area contributed by atoms with Crippen LogP contribution in [0.4, 0.5) is 10.5 Å². The Morgan fingerprint density at radius 2 is 1.82 bits per heavy atom. The summed E-state index contributed by atoms with van der Waals surface area (Å²) >= 11 is 5.86. The Balaban J connectivity index is 1.60. The number of carbonyl (C=O) groups excluding carboxylic acids is 1. The topological polar surface area (TPSA) is 36.4 Å². The molecule has 2 heterocycles. The average Bonchev–Trinajstić information content (AvgIpc) is 2.91. The van der Waals surface area contributed by atoms with Crippen molar-refractivity contribution in [2.75, 3.05) is 24.5 Å². The summed E-state index contributed by atoms with van der Waals surface area (Å²) in [6.45, 7) is 2.03. The Hall–Kier alpha value is -2.33. The van der Waals surface area contributed by atoms with Gasteiger partial charge in [0.05, 0.1) is 0 Å². The van der Waals surface area contributed by atoms with Crippen LogP contribution in [0.25, 0.3) is 6.08 Å². The van der Waals surface area contributed by atoms with Crippen molar-refractivity contribution in [1.29, 1.82) is 0 Å². The van der Waals surface area contributed by atoms with Gasteiger partial charge in [-0.05, 0) is 29.8 Å². The highest BCUT2D eigenvalue weighted by atomic mass is 35.5. The Labute approximate surface area is 134 Å². The van der Waals surface area contributed by atoms with Gasteiger partial charge in [-0.2, -0.15) is 0 Å². The van der Waals surface area contributed by atoms with Crippen molar-refractivity contribution in [1.82, 2.24) is 9.88 Å². The summed E-state index contributed by atoms with van der Waals surface area (Å²) in [5.74, 6) is 0. The number of hydrogen-bond acceptors (Lipinski definition) is 2. The molecule has 4 nitrogen and oxygen atoms in total. The molecule has 112 valence electrons. The van der Waals surface area contributed by atoms with Gasteiger partial charge in [-0.3, -0.25) is 9.88 Å². The molecule has 0 spiro atoms. The number of urea groups is 1. The summed E-state index contributed by atoms with van der Waals surface area (Å²) in [6, 6.07) is 11.4. The van der Waals surface area contributed by atoms with Crippen LogP contribution in [-0.4, -0.2) is 35.5 Å². The zero-order chi connectivity index (χ0) is 15.4. The van der Waals surface area contributed by atoms with E-state index in [9.17, 15) is 4.79 Å². The average molecular weight is 314 g/mol. The minimum absolute atomic E-state index is 0.0342. The molecular weight excluding hydrogens is 298 g/mol. The van der Waals surface area contributed by atoms with Gasteiger partial charge in [0.25, 0.3) is 0 Å². The van der Waals surface area contributed by atoms with Gasteiger partial charge in [-0.15, -0.1) is 0 Å². The normalized spacial score (nSPS) is 15.0. The molecule has 1 aromatic heterocycles. The molecule has 2 amide bonds. The second-order valence-electron chi connectivity index (χ2n) is 5.04. The van der Waals surface area contributed by atoms with E-state index in [2.05, 4.69) is 4.98 Å². The third kappa shape index (κ3) is 3.28. The molecule has 0 bridgehead atoms. The molecular formula is C17H16ClN3O. The summed E-state index contributed by atoms with van der Waals surface area (Å²) in [7, 11) is 0. The molecule has 0 radical (unpaired) electrons. The van der Waals surface area contributed by atoms with Crippen LogP contribution >= 0.6 is 11.6 Å². The van der Waals surface area contributed by atoms with Crippen LogP contribution in [-0.2, 0) is 0 Å². The van der Waals surface area contributed by atoms with E-state index in [1.54, 1.807) is 17.3 Å². The fraction of sp³-hybridized carbons (Fsp3) is 0.176. The van der Waals surface area contributed by atoms with Crippen LogP contribution in [0.5, 0.6) is 0 Å². The van der Waals surface area contributed by atoms with Crippen LogP contribution < -0.4 is 4.90 Å². The monoisotopic (exact) mass is 313 g/mol. The zero-order valence-electron chi connectivity index (χ0n) is 12.0. The quantitative estimate of drug-likeness (QED) is 0.863. The van der Waals surface area contributed by atoms with E-state index in [4.69, 9.17) is 11.6 Å². The lowest BCUT2D eigenvalue weighted by atomic mass is 10.2. The molecule has 1 fully saturated rings. The number of hydrogen-bond donors (Lipinski definition) is 0. The summed E-state index contributed by atoms with van der Waals surface area (Å²) in [6.07, 6.45) is 7.40. The number of anilines is 1. The van der Waals surface area contributed by atoms with Gasteiger partial charge >= 0.3 is 6.03 Å². The van der Waals surface area contributed by atoms with E-state index in [0.717, 1.165) is 22.8 Å². The fourth-order valence-corrected chi connectivity index (χ4v) is 2.53. The van der Waals surface area contributed by atoms with Gasteiger partial charge in [0.1, 0.15) is 0 Å². The standard InChI is InChI=1S/C17H16ClN3O/c18-15-5-3-14(4-6-15)2-1-11-20-12-13-21(17(20)22)16-7-9-19-10-8-16/h1-10H,11-13H2/b2-1+. The van der Waals surface area contributed by atoms with Crippen molar-refractivity contribution in [3.8, 4) is 0 Å². The molecule has 0 atom stereocenters. The molecule has 2 aromatic rings. The molecule has 1 aromatic carbocycles. The first-order valence-electron chi connectivity index (χ1n) is 7.12. The largest absolute Gasteiger partial charge is 0.324 e. The van der Waals surface area contributed by atoms with E-state index in [-0.39, 0.29) is 6.03 Å². The number of nitrogens with zero attached hydrogens (tertiary/aromatic N) is 3. The predicted molar refractivity (Wildman–Crippen MR) is 89.0 cm³/mol. The lowest BCUT2D eigenvalue weighted by Gasteiger charge is -2.17. The van der Waals surface area contributed by atoms with Crippen LogP contribution in [0.1, 0.15) is 5.56 Å². The van der Waals surface area contributed by atoms with Gasteiger partial charge in [-0.25, -0.2) is 4.79 Å². The molecule has 0 N–H and O–H groups in total. The van der Waals surface area contributed by atoms with Gasteiger partial charge in [0.15, 0.2) is 0 Å². The first-order valence-corrected chi connectivity index (χ1v) is 7.50. The van der Waals surface area contributed by atoms with Crippen molar-refractivity contribution >= 4 is 29.4 Å². The molecule has 1 aliphatic heterocycles. The van der Waals surface area contributed by atoms with Crippen LogP contribution in [0.3, 0.4) is 0 Å². The lowest BCUT2D eigenvalue weighted by Crippen LogP contribution is -2.31. The van der Waals surface area contributed by atoms with Crippen molar-refractivity contribution in [2.45, 2.75) is 0 Å². The highest BCUT2D eigenvalue weighted by Crippen LogP contribution is 2.19. The minimum Gasteiger partial charge on any atom is -0.319 e. The number of pyridine rings is 1. The van der Waals surface area contributed by atoms with Crippen molar-refractivity contribution in [2.24, 2.45) is 0 Å². The first-order chi connectivity index (χ1) is 10.7. The lowest BCUT2D eigenvalue weighted by molar-refractivity contribution is 0.225. The van der Waals surface area contributed by atoms with Crippen LogP contribution in [0.2, 0.25) is 5.02 Å². The summed E-state index contributed by atoms with van der Waals surface area (Å²) < 4.78 is 0. The van der Waals surface area contributed by atoms with Crippen molar-refractivity contribution in [3.63, 3.8) is 0 Å². The van der Waals surface area contributed by atoms with Crippen LogP contribution in [0.15, 0.2) is 54.9 Å². The number of carbonyl (C=O) groups is 1. The maximum atomic E-state index is 12.4. The predicted octanol–water partition coefficient (Wildman–Crippen LogP) is 3.69. The van der Waals surface area contributed by atoms with Crippen molar-refractivity contribution < 1.29 is 4.79 Å². The smallest absolute Gasteiger partial charge is 0.319 e. The SMILES string of the molecule is O=C1N(C/C=C/c2ccc(Cl)cc2)CCN1c1ccncc1. The van der Waals surface area contributed by atoms with Gasteiger partial charge < -0.3 is 4.90 Å². The van der Waals surface area contributed by atoms with E-state index in [1.807, 2.05) is 53.5 Å². The molecule has 22 heavy (non-hydrogen) atoms.